The molecule has 2 bridgehead atoms. The summed E-state index contributed by atoms with van der Waals surface area (Å²) in [7, 11) is 1.63. The molecule has 0 saturated heterocycles. The van der Waals surface area contributed by atoms with Crippen LogP contribution in [0.1, 0.15) is 22.3 Å². The van der Waals surface area contributed by atoms with Crippen molar-refractivity contribution in [2.45, 2.75) is 6.42 Å². The standard InChI is InChI=1S/C24H22O3/c1-26-22-9-3-17(4-10-22)5-13-24(25)19-7-11-23(12-8-19)27-16-21-15-18-2-6-20(21)14-18/h2-14,20-21H,15-16H2,1H3. The molecule has 0 N–H and O–H groups in total. The van der Waals surface area contributed by atoms with Crippen LogP contribution in [0.2, 0.25) is 0 Å². The van der Waals surface area contributed by atoms with Gasteiger partial charge in [-0.25, -0.2) is 0 Å². The van der Waals surface area contributed by atoms with Gasteiger partial charge in [-0.15, -0.1) is 0 Å². The van der Waals surface area contributed by atoms with Gasteiger partial charge in [-0.2, -0.15) is 0 Å². The summed E-state index contributed by atoms with van der Waals surface area (Å²) in [5.41, 5.74) is 3.04. The summed E-state index contributed by atoms with van der Waals surface area (Å²) in [6.45, 7) is 0.708. The normalized spacial score (nSPS) is 20.1. The van der Waals surface area contributed by atoms with Crippen molar-refractivity contribution in [2.75, 3.05) is 13.7 Å². The van der Waals surface area contributed by atoms with Gasteiger partial charge in [0.1, 0.15) is 11.5 Å². The monoisotopic (exact) mass is 358 g/mol. The molecule has 0 heterocycles. The average molecular weight is 358 g/mol. The Labute approximate surface area is 159 Å². The summed E-state index contributed by atoms with van der Waals surface area (Å²) in [6.07, 6.45) is 11.3. The van der Waals surface area contributed by atoms with E-state index < -0.39 is 0 Å². The van der Waals surface area contributed by atoms with Crippen molar-refractivity contribution in [3.05, 3.63) is 89.5 Å². The van der Waals surface area contributed by atoms with E-state index in [1.807, 2.05) is 54.6 Å². The number of allylic oxidation sites excluding steroid dienone is 5. The highest BCUT2D eigenvalue weighted by atomic mass is 16.5. The van der Waals surface area contributed by atoms with Crippen molar-refractivity contribution in [3.63, 3.8) is 0 Å². The van der Waals surface area contributed by atoms with Crippen molar-refractivity contribution in [1.82, 2.24) is 0 Å². The smallest absolute Gasteiger partial charge is 0.185 e. The van der Waals surface area contributed by atoms with E-state index in [2.05, 4.69) is 18.2 Å². The van der Waals surface area contributed by atoms with Gasteiger partial charge in [-0.3, -0.25) is 4.79 Å². The predicted octanol–water partition coefficient (Wildman–Crippen LogP) is 5.10. The molecule has 0 radical (unpaired) electrons. The minimum atomic E-state index is -0.0263. The highest BCUT2D eigenvalue weighted by molar-refractivity contribution is 6.06. The molecule has 4 rings (SSSR count). The molecule has 3 nitrogen and oxygen atoms in total. The van der Waals surface area contributed by atoms with Crippen LogP contribution < -0.4 is 9.47 Å². The van der Waals surface area contributed by atoms with E-state index >= 15 is 0 Å². The number of hydrogen-bond donors (Lipinski definition) is 0. The second-order valence-electron chi connectivity index (χ2n) is 6.95. The number of ketones is 1. The van der Waals surface area contributed by atoms with Crippen LogP contribution in [0, 0.1) is 11.8 Å². The Hall–Kier alpha value is -3.07. The van der Waals surface area contributed by atoms with Crippen molar-refractivity contribution in [2.24, 2.45) is 11.8 Å². The molecule has 2 aromatic carbocycles. The van der Waals surface area contributed by atoms with Crippen LogP contribution in [0.3, 0.4) is 0 Å². The van der Waals surface area contributed by atoms with Gasteiger partial charge in [0.2, 0.25) is 0 Å². The van der Waals surface area contributed by atoms with Gasteiger partial charge in [0.15, 0.2) is 5.78 Å². The number of hydrogen-bond acceptors (Lipinski definition) is 3. The van der Waals surface area contributed by atoms with E-state index in [0.29, 0.717) is 24.0 Å². The van der Waals surface area contributed by atoms with Gasteiger partial charge in [-0.1, -0.05) is 42.0 Å². The van der Waals surface area contributed by atoms with E-state index in [9.17, 15) is 4.79 Å². The van der Waals surface area contributed by atoms with E-state index in [1.165, 1.54) is 5.57 Å². The lowest BCUT2D eigenvalue weighted by molar-refractivity contribution is 0.104. The summed E-state index contributed by atoms with van der Waals surface area (Å²) in [6, 6.07) is 15.0. The molecule has 3 heteroatoms. The number of rotatable bonds is 7. The first-order chi connectivity index (χ1) is 13.2. The zero-order valence-corrected chi connectivity index (χ0v) is 15.3. The molecule has 0 aromatic heterocycles. The molecule has 27 heavy (non-hydrogen) atoms. The highest BCUT2D eigenvalue weighted by Gasteiger charge is 2.29. The molecule has 0 spiro atoms. The molecule has 0 saturated carbocycles. The molecule has 0 fully saturated rings. The lowest BCUT2D eigenvalue weighted by Gasteiger charge is -2.19. The van der Waals surface area contributed by atoms with Gasteiger partial charge in [-0.05, 0) is 54.5 Å². The fourth-order valence-electron chi connectivity index (χ4n) is 3.53. The van der Waals surface area contributed by atoms with Gasteiger partial charge < -0.3 is 9.47 Å². The number of carbonyl (C=O) groups is 1. The fourth-order valence-corrected chi connectivity index (χ4v) is 3.53. The molecule has 2 unspecified atom stereocenters. The molecular formula is C24H22O3. The zero-order valence-electron chi connectivity index (χ0n) is 15.3. The third-order valence-electron chi connectivity index (χ3n) is 5.13. The topological polar surface area (TPSA) is 35.5 Å². The largest absolute Gasteiger partial charge is 0.497 e. The highest BCUT2D eigenvalue weighted by Crippen LogP contribution is 2.37. The van der Waals surface area contributed by atoms with E-state index in [-0.39, 0.29) is 5.78 Å². The van der Waals surface area contributed by atoms with Crippen LogP contribution >= 0.6 is 0 Å². The van der Waals surface area contributed by atoms with Crippen LogP contribution in [0.4, 0.5) is 0 Å². The predicted molar refractivity (Wildman–Crippen MR) is 107 cm³/mol. The van der Waals surface area contributed by atoms with Crippen LogP contribution in [0.25, 0.3) is 6.08 Å². The fraction of sp³-hybridized carbons (Fsp3) is 0.208. The lowest BCUT2D eigenvalue weighted by Crippen LogP contribution is -2.17. The van der Waals surface area contributed by atoms with Gasteiger partial charge in [0.05, 0.1) is 13.7 Å². The van der Waals surface area contributed by atoms with E-state index in [1.54, 1.807) is 13.2 Å². The second-order valence-corrected chi connectivity index (χ2v) is 6.95. The van der Waals surface area contributed by atoms with Crippen LogP contribution in [-0.4, -0.2) is 19.5 Å². The molecule has 2 aliphatic rings. The third-order valence-corrected chi connectivity index (χ3v) is 5.13. The van der Waals surface area contributed by atoms with Crippen LogP contribution in [0.15, 0.2) is 78.4 Å². The van der Waals surface area contributed by atoms with Crippen molar-refractivity contribution >= 4 is 11.9 Å². The number of fused-ring (bicyclic) bond motifs is 1. The molecule has 0 amide bonds. The molecule has 2 aliphatic carbocycles. The minimum absolute atomic E-state index is 0.0263. The number of benzene rings is 2. The first-order valence-electron chi connectivity index (χ1n) is 9.19. The zero-order chi connectivity index (χ0) is 18.6. The molecule has 136 valence electrons. The Morgan fingerprint density at radius 2 is 1.81 bits per heavy atom. The Morgan fingerprint density at radius 1 is 1.07 bits per heavy atom. The third kappa shape index (κ3) is 4.03. The van der Waals surface area contributed by atoms with Crippen LogP contribution in [0.5, 0.6) is 11.5 Å². The lowest BCUT2D eigenvalue weighted by atomic mass is 9.93. The summed E-state index contributed by atoms with van der Waals surface area (Å²) < 4.78 is 11.1. The average Bonchev–Trinajstić information content (AvgIpc) is 3.34. The summed E-state index contributed by atoms with van der Waals surface area (Å²) in [5.74, 6) is 2.65. The SMILES string of the molecule is COc1ccc(C=CC(=O)c2ccc(OCC3CC4=CC3C=C4)cc2)cc1. The molecule has 0 aliphatic heterocycles. The Bertz CT molecular complexity index is 902. The van der Waals surface area contributed by atoms with Gasteiger partial charge >= 0.3 is 0 Å². The number of ether oxygens (including phenoxy) is 2. The van der Waals surface area contributed by atoms with E-state index in [0.717, 1.165) is 23.5 Å². The first-order valence-corrected chi connectivity index (χ1v) is 9.19. The van der Waals surface area contributed by atoms with Crippen molar-refractivity contribution in [1.29, 1.82) is 0 Å². The number of methoxy groups -OCH3 is 1. The van der Waals surface area contributed by atoms with Crippen LogP contribution in [-0.2, 0) is 0 Å². The number of carbonyl (C=O) groups excluding carboxylic acids is 1. The Morgan fingerprint density at radius 3 is 2.44 bits per heavy atom. The second kappa shape index (κ2) is 7.67. The summed E-state index contributed by atoms with van der Waals surface area (Å²) >= 11 is 0. The molecular weight excluding hydrogens is 336 g/mol. The van der Waals surface area contributed by atoms with Crippen molar-refractivity contribution < 1.29 is 14.3 Å². The van der Waals surface area contributed by atoms with E-state index in [4.69, 9.17) is 9.47 Å². The maximum atomic E-state index is 12.3. The quantitative estimate of drug-likeness (QED) is 0.510. The first kappa shape index (κ1) is 17.3. The molecule has 2 aromatic rings. The molecule has 2 atom stereocenters. The maximum Gasteiger partial charge on any atom is 0.185 e. The summed E-state index contributed by atoms with van der Waals surface area (Å²) in [4.78, 5) is 12.3. The Kier molecular flexibility index (Phi) is 4.93. The maximum absolute atomic E-state index is 12.3. The minimum Gasteiger partial charge on any atom is -0.497 e. The van der Waals surface area contributed by atoms with Gasteiger partial charge in [0.25, 0.3) is 0 Å². The Balaban J connectivity index is 1.31. The summed E-state index contributed by atoms with van der Waals surface area (Å²) in [5, 5.41) is 0. The van der Waals surface area contributed by atoms with Crippen molar-refractivity contribution in [3.8, 4) is 11.5 Å². The van der Waals surface area contributed by atoms with Gasteiger partial charge in [0, 0.05) is 17.4 Å².